The summed E-state index contributed by atoms with van der Waals surface area (Å²) in [5, 5.41) is 19.8. The van der Waals surface area contributed by atoms with Gasteiger partial charge in [0.05, 0.1) is 11.7 Å². The Morgan fingerprint density at radius 2 is 1.87 bits per heavy atom. The van der Waals surface area contributed by atoms with Gasteiger partial charge in [-0.2, -0.15) is 0 Å². The van der Waals surface area contributed by atoms with Crippen molar-refractivity contribution in [2.24, 2.45) is 0 Å². The van der Waals surface area contributed by atoms with Gasteiger partial charge < -0.3 is 10.2 Å². The molecule has 0 aromatic carbocycles. The Hall–Kier alpha value is -0.120. The van der Waals surface area contributed by atoms with Crippen molar-refractivity contribution in [2.75, 3.05) is 13.1 Å². The molecule has 0 spiro atoms. The van der Waals surface area contributed by atoms with Gasteiger partial charge in [-0.3, -0.25) is 4.90 Å². The van der Waals surface area contributed by atoms with Crippen LogP contribution < -0.4 is 0 Å². The lowest BCUT2D eigenvalue weighted by atomic mass is 9.90. The Bertz CT molecular complexity index is 189. The van der Waals surface area contributed by atoms with E-state index in [0.29, 0.717) is 6.54 Å². The van der Waals surface area contributed by atoms with Gasteiger partial charge in [0.1, 0.15) is 0 Å². The summed E-state index contributed by atoms with van der Waals surface area (Å²) in [6, 6.07) is 0.246. The van der Waals surface area contributed by atoms with E-state index in [1.165, 1.54) is 6.42 Å². The molecule has 0 aromatic rings. The molecule has 1 rings (SSSR count). The zero-order valence-corrected chi connectivity index (χ0v) is 10.2. The maximum absolute atomic E-state index is 9.94. The minimum Gasteiger partial charge on any atom is -0.391 e. The van der Waals surface area contributed by atoms with Crippen molar-refractivity contribution >= 4 is 0 Å². The van der Waals surface area contributed by atoms with E-state index in [9.17, 15) is 10.2 Å². The van der Waals surface area contributed by atoms with Gasteiger partial charge in [-0.15, -0.1) is 0 Å². The highest BCUT2D eigenvalue weighted by atomic mass is 16.3. The second-order valence-electron chi connectivity index (χ2n) is 5.29. The van der Waals surface area contributed by atoms with E-state index >= 15 is 0 Å². The summed E-state index contributed by atoms with van der Waals surface area (Å²) in [6.45, 7) is 7.28. The van der Waals surface area contributed by atoms with Crippen LogP contribution >= 0.6 is 0 Å². The molecule has 0 unspecified atom stereocenters. The first-order valence-electron chi connectivity index (χ1n) is 6.08. The standard InChI is InChI=1S/C12H25NO2/c1-4-13(9-12(2,3)15)10-7-5-6-8-11(10)14/h10-11,14-15H,4-9H2,1-3H3/t10-,11-/m1/s1. The molecule has 0 bridgehead atoms. The molecule has 3 heteroatoms. The fraction of sp³-hybridized carbons (Fsp3) is 1.00. The highest BCUT2D eigenvalue weighted by molar-refractivity contribution is 4.85. The predicted octanol–water partition coefficient (Wildman–Crippen LogP) is 1.38. The Morgan fingerprint density at radius 3 is 2.33 bits per heavy atom. The van der Waals surface area contributed by atoms with Gasteiger partial charge in [-0.1, -0.05) is 19.8 Å². The summed E-state index contributed by atoms with van der Waals surface area (Å²) in [5.74, 6) is 0. The molecule has 0 radical (unpaired) electrons. The fourth-order valence-corrected chi connectivity index (χ4v) is 2.48. The van der Waals surface area contributed by atoms with Gasteiger partial charge in [-0.05, 0) is 33.2 Å². The second kappa shape index (κ2) is 5.28. The number of nitrogens with zero attached hydrogens (tertiary/aromatic N) is 1. The maximum atomic E-state index is 9.94. The SMILES string of the molecule is CCN(CC(C)(C)O)[C@@H]1CCCC[C@H]1O. The molecule has 0 heterocycles. The first-order valence-corrected chi connectivity index (χ1v) is 6.08. The monoisotopic (exact) mass is 215 g/mol. The van der Waals surface area contributed by atoms with Crippen LogP contribution in [-0.2, 0) is 0 Å². The smallest absolute Gasteiger partial charge is 0.0718 e. The molecule has 15 heavy (non-hydrogen) atoms. The van der Waals surface area contributed by atoms with Crippen molar-refractivity contribution in [1.29, 1.82) is 0 Å². The summed E-state index contributed by atoms with van der Waals surface area (Å²) in [7, 11) is 0. The average Bonchev–Trinajstić information content (AvgIpc) is 2.14. The van der Waals surface area contributed by atoms with E-state index in [1.807, 2.05) is 13.8 Å². The molecule has 90 valence electrons. The van der Waals surface area contributed by atoms with Gasteiger partial charge in [0, 0.05) is 12.6 Å². The van der Waals surface area contributed by atoms with Gasteiger partial charge in [0.15, 0.2) is 0 Å². The number of hydrogen-bond donors (Lipinski definition) is 2. The normalized spacial score (nSPS) is 28.4. The summed E-state index contributed by atoms with van der Waals surface area (Å²) in [4.78, 5) is 2.21. The summed E-state index contributed by atoms with van der Waals surface area (Å²) < 4.78 is 0. The Kier molecular flexibility index (Phi) is 4.56. The number of aliphatic hydroxyl groups is 2. The van der Waals surface area contributed by atoms with Gasteiger partial charge in [0.25, 0.3) is 0 Å². The lowest BCUT2D eigenvalue weighted by Crippen LogP contribution is -2.50. The van der Waals surface area contributed by atoms with E-state index in [1.54, 1.807) is 0 Å². The minimum atomic E-state index is -0.673. The van der Waals surface area contributed by atoms with Crippen molar-refractivity contribution in [3.63, 3.8) is 0 Å². The molecule has 3 nitrogen and oxygen atoms in total. The van der Waals surface area contributed by atoms with Crippen LogP contribution in [0.15, 0.2) is 0 Å². The van der Waals surface area contributed by atoms with Crippen LogP contribution in [0.4, 0.5) is 0 Å². The zero-order chi connectivity index (χ0) is 11.5. The molecule has 2 atom stereocenters. The third kappa shape index (κ3) is 4.09. The maximum Gasteiger partial charge on any atom is 0.0718 e. The van der Waals surface area contributed by atoms with E-state index < -0.39 is 5.60 Å². The first kappa shape index (κ1) is 12.9. The van der Waals surface area contributed by atoms with Crippen molar-refractivity contribution in [2.45, 2.75) is 64.2 Å². The van der Waals surface area contributed by atoms with Gasteiger partial charge >= 0.3 is 0 Å². The molecular weight excluding hydrogens is 190 g/mol. The van der Waals surface area contributed by atoms with Crippen LogP contribution in [0.25, 0.3) is 0 Å². The Labute approximate surface area is 93.1 Å². The Balaban J connectivity index is 2.56. The molecule has 1 aliphatic rings. The molecule has 0 aliphatic heterocycles. The van der Waals surface area contributed by atoms with E-state index in [4.69, 9.17) is 0 Å². The van der Waals surface area contributed by atoms with E-state index in [-0.39, 0.29) is 12.1 Å². The predicted molar refractivity (Wildman–Crippen MR) is 61.8 cm³/mol. The zero-order valence-electron chi connectivity index (χ0n) is 10.2. The minimum absolute atomic E-state index is 0.207. The number of aliphatic hydroxyl groups excluding tert-OH is 1. The third-order valence-electron chi connectivity index (χ3n) is 3.16. The molecule has 2 N–H and O–H groups in total. The highest BCUT2D eigenvalue weighted by Crippen LogP contribution is 2.24. The molecule has 1 fully saturated rings. The van der Waals surface area contributed by atoms with Gasteiger partial charge in [0.2, 0.25) is 0 Å². The summed E-state index contributed by atoms with van der Waals surface area (Å²) in [6.07, 6.45) is 4.10. The topological polar surface area (TPSA) is 43.7 Å². The quantitative estimate of drug-likeness (QED) is 0.744. The van der Waals surface area contributed by atoms with Crippen LogP contribution in [0.5, 0.6) is 0 Å². The van der Waals surface area contributed by atoms with Crippen LogP contribution in [0.1, 0.15) is 46.5 Å². The third-order valence-corrected chi connectivity index (χ3v) is 3.16. The van der Waals surface area contributed by atoms with E-state index in [0.717, 1.165) is 25.8 Å². The number of likely N-dealkylation sites (N-methyl/N-ethyl adjacent to an activating group) is 1. The lowest BCUT2D eigenvalue weighted by molar-refractivity contribution is -0.0252. The van der Waals surface area contributed by atoms with Crippen molar-refractivity contribution in [3.05, 3.63) is 0 Å². The van der Waals surface area contributed by atoms with Crippen LogP contribution in [0, 0.1) is 0 Å². The molecule has 0 saturated heterocycles. The van der Waals surface area contributed by atoms with Crippen molar-refractivity contribution < 1.29 is 10.2 Å². The lowest BCUT2D eigenvalue weighted by Gasteiger charge is -2.39. The van der Waals surface area contributed by atoms with Crippen LogP contribution in [-0.4, -0.2) is 45.9 Å². The molecule has 0 aromatic heterocycles. The largest absolute Gasteiger partial charge is 0.391 e. The van der Waals surface area contributed by atoms with Crippen LogP contribution in [0.2, 0.25) is 0 Å². The number of rotatable bonds is 4. The average molecular weight is 215 g/mol. The molecular formula is C12H25NO2. The second-order valence-corrected chi connectivity index (χ2v) is 5.29. The van der Waals surface area contributed by atoms with Crippen molar-refractivity contribution in [1.82, 2.24) is 4.90 Å². The van der Waals surface area contributed by atoms with Gasteiger partial charge in [-0.25, -0.2) is 0 Å². The molecule has 0 amide bonds. The van der Waals surface area contributed by atoms with Crippen LogP contribution in [0.3, 0.4) is 0 Å². The highest BCUT2D eigenvalue weighted by Gasteiger charge is 2.30. The fourth-order valence-electron chi connectivity index (χ4n) is 2.48. The molecule has 1 saturated carbocycles. The Morgan fingerprint density at radius 1 is 1.27 bits per heavy atom. The summed E-state index contributed by atoms with van der Waals surface area (Å²) >= 11 is 0. The van der Waals surface area contributed by atoms with E-state index in [2.05, 4.69) is 11.8 Å². The molecule has 1 aliphatic carbocycles. The first-order chi connectivity index (χ1) is 6.94. The van der Waals surface area contributed by atoms with Crippen molar-refractivity contribution in [3.8, 4) is 0 Å². The number of hydrogen-bond acceptors (Lipinski definition) is 3. The summed E-state index contributed by atoms with van der Waals surface area (Å²) in [5.41, 5.74) is -0.673.